The summed E-state index contributed by atoms with van der Waals surface area (Å²) in [7, 11) is 2.07. The average Bonchev–Trinajstić information content (AvgIpc) is 3.28. The first-order chi connectivity index (χ1) is 15.6. The van der Waals surface area contributed by atoms with Crippen LogP contribution in [0.1, 0.15) is 40.0 Å². The summed E-state index contributed by atoms with van der Waals surface area (Å²) in [5, 5.41) is 4.52. The van der Waals surface area contributed by atoms with Gasteiger partial charge < -0.3 is 14.7 Å². The van der Waals surface area contributed by atoms with Gasteiger partial charge in [-0.15, -0.1) is 0 Å². The molecule has 166 valence electrons. The monoisotopic (exact) mass is 432 g/mol. The summed E-state index contributed by atoms with van der Waals surface area (Å²) in [5.41, 5.74) is 3.57. The number of fused-ring (bicyclic) bond motifs is 1. The van der Waals surface area contributed by atoms with Crippen LogP contribution >= 0.6 is 0 Å². The fourth-order valence-electron chi connectivity index (χ4n) is 4.55. The minimum Gasteiger partial charge on any atom is -0.339 e. The number of carbonyl (C=O) groups is 2. The zero-order chi connectivity index (χ0) is 22.1. The molecule has 8 heteroatoms. The number of amides is 2. The smallest absolute Gasteiger partial charge is 0.257 e. The van der Waals surface area contributed by atoms with Crippen molar-refractivity contribution in [2.24, 2.45) is 0 Å². The highest BCUT2D eigenvalue weighted by molar-refractivity contribution is 6.01. The van der Waals surface area contributed by atoms with Gasteiger partial charge in [-0.05, 0) is 44.5 Å². The van der Waals surface area contributed by atoms with E-state index in [1.165, 1.54) is 6.42 Å². The van der Waals surface area contributed by atoms with E-state index in [-0.39, 0.29) is 11.8 Å². The fraction of sp³-hybridized carbons (Fsp3) is 0.417. The first-order valence-electron chi connectivity index (χ1n) is 11.3. The van der Waals surface area contributed by atoms with Crippen molar-refractivity contribution in [2.75, 3.05) is 46.3 Å². The zero-order valence-electron chi connectivity index (χ0n) is 18.4. The van der Waals surface area contributed by atoms with E-state index >= 15 is 0 Å². The molecule has 0 aromatic carbocycles. The summed E-state index contributed by atoms with van der Waals surface area (Å²) in [6, 6.07) is 7.65. The van der Waals surface area contributed by atoms with Crippen molar-refractivity contribution in [1.82, 2.24) is 29.3 Å². The van der Waals surface area contributed by atoms with E-state index in [1.807, 2.05) is 34.1 Å². The molecule has 0 aliphatic carbocycles. The number of aromatic nitrogens is 3. The lowest BCUT2D eigenvalue weighted by Crippen LogP contribution is -2.47. The molecule has 2 amide bonds. The number of rotatable bonds is 3. The van der Waals surface area contributed by atoms with Crippen molar-refractivity contribution < 1.29 is 9.59 Å². The van der Waals surface area contributed by atoms with Crippen molar-refractivity contribution in [1.29, 1.82) is 0 Å². The minimum absolute atomic E-state index is 0.000977. The molecule has 32 heavy (non-hydrogen) atoms. The van der Waals surface area contributed by atoms with E-state index < -0.39 is 0 Å². The zero-order valence-corrected chi connectivity index (χ0v) is 18.4. The average molecular weight is 433 g/mol. The standard InChI is InChI=1S/C24H28N6O2/c1-27-10-12-29(13-11-27)23(31)19-14-18(15-25-16-19)21-6-5-7-22-20(17-26-30(21)22)24(32)28-8-3-2-4-9-28/h5-7,14-17H,2-4,8-13H2,1H3. The van der Waals surface area contributed by atoms with Gasteiger partial charge in [-0.1, -0.05) is 6.07 Å². The molecule has 0 unspecified atom stereocenters. The highest BCUT2D eigenvalue weighted by Gasteiger charge is 2.23. The van der Waals surface area contributed by atoms with Gasteiger partial charge in [0.05, 0.1) is 28.5 Å². The largest absolute Gasteiger partial charge is 0.339 e. The maximum absolute atomic E-state index is 13.1. The Labute approximate surface area is 187 Å². The van der Waals surface area contributed by atoms with E-state index in [0.29, 0.717) is 11.1 Å². The van der Waals surface area contributed by atoms with Crippen LogP contribution in [-0.4, -0.2) is 87.4 Å². The van der Waals surface area contributed by atoms with Crippen LogP contribution in [0, 0.1) is 0 Å². The summed E-state index contributed by atoms with van der Waals surface area (Å²) in [5.74, 6) is 0.0371. The van der Waals surface area contributed by atoms with Crippen molar-refractivity contribution in [3.63, 3.8) is 0 Å². The Morgan fingerprint density at radius 3 is 2.38 bits per heavy atom. The van der Waals surface area contributed by atoms with Crippen molar-refractivity contribution in [2.45, 2.75) is 19.3 Å². The predicted octanol–water partition coefficient (Wildman–Crippen LogP) is 2.41. The molecule has 0 N–H and O–H groups in total. The third-order valence-corrected chi connectivity index (χ3v) is 6.49. The van der Waals surface area contributed by atoms with Crippen LogP contribution in [0.5, 0.6) is 0 Å². The van der Waals surface area contributed by atoms with Crippen LogP contribution < -0.4 is 0 Å². The third-order valence-electron chi connectivity index (χ3n) is 6.49. The van der Waals surface area contributed by atoms with E-state index in [0.717, 1.165) is 68.9 Å². The summed E-state index contributed by atoms with van der Waals surface area (Å²) < 4.78 is 1.78. The number of carbonyl (C=O) groups excluding carboxylic acids is 2. The van der Waals surface area contributed by atoms with Crippen molar-refractivity contribution >= 4 is 17.3 Å². The Bertz CT molecular complexity index is 1140. The van der Waals surface area contributed by atoms with Gasteiger partial charge in [0.1, 0.15) is 0 Å². The van der Waals surface area contributed by atoms with Gasteiger partial charge in [-0.2, -0.15) is 5.10 Å². The number of pyridine rings is 2. The molecule has 0 spiro atoms. The minimum atomic E-state index is 0.000977. The molecule has 2 fully saturated rings. The van der Waals surface area contributed by atoms with Crippen LogP contribution in [0.15, 0.2) is 42.9 Å². The lowest BCUT2D eigenvalue weighted by atomic mass is 10.1. The third kappa shape index (κ3) is 3.86. The number of hydrogen-bond donors (Lipinski definition) is 0. The van der Waals surface area contributed by atoms with Gasteiger partial charge in [0.2, 0.25) is 0 Å². The number of likely N-dealkylation sites (N-methyl/N-ethyl adjacent to an activating group) is 1. The molecule has 2 saturated heterocycles. The molecule has 2 aliphatic rings. The summed E-state index contributed by atoms with van der Waals surface area (Å²) >= 11 is 0. The van der Waals surface area contributed by atoms with Gasteiger partial charge in [-0.25, -0.2) is 4.52 Å². The van der Waals surface area contributed by atoms with E-state index in [2.05, 4.69) is 22.0 Å². The lowest BCUT2D eigenvalue weighted by molar-refractivity contribution is 0.0663. The molecular weight excluding hydrogens is 404 g/mol. The Balaban J connectivity index is 1.45. The van der Waals surface area contributed by atoms with E-state index in [1.54, 1.807) is 23.1 Å². The molecule has 0 atom stereocenters. The SMILES string of the molecule is CN1CCN(C(=O)c2cncc(-c3cccc4c(C(=O)N5CCCCC5)cnn34)c2)CC1. The Morgan fingerprint density at radius 1 is 0.844 bits per heavy atom. The fourth-order valence-corrected chi connectivity index (χ4v) is 4.55. The Kier molecular flexibility index (Phi) is 5.61. The maximum Gasteiger partial charge on any atom is 0.257 e. The first-order valence-corrected chi connectivity index (χ1v) is 11.3. The molecule has 2 aliphatic heterocycles. The van der Waals surface area contributed by atoms with Crippen LogP contribution in [0.4, 0.5) is 0 Å². The van der Waals surface area contributed by atoms with Gasteiger partial charge in [0.25, 0.3) is 11.8 Å². The van der Waals surface area contributed by atoms with Crippen molar-refractivity contribution in [3.05, 3.63) is 54.0 Å². The van der Waals surface area contributed by atoms with E-state index in [4.69, 9.17) is 0 Å². The second-order valence-electron chi connectivity index (χ2n) is 8.68. The molecule has 0 bridgehead atoms. The molecule has 3 aromatic heterocycles. The van der Waals surface area contributed by atoms with Gasteiger partial charge in [0, 0.05) is 57.2 Å². The second kappa shape index (κ2) is 8.70. The molecule has 0 radical (unpaired) electrons. The van der Waals surface area contributed by atoms with Crippen LogP contribution in [0.3, 0.4) is 0 Å². The second-order valence-corrected chi connectivity index (χ2v) is 8.68. The number of likely N-dealkylation sites (tertiary alicyclic amines) is 1. The Hall–Kier alpha value is -3.26. The van der Waals surface area contributed by atoms with Crippen LogP contribution in [-0.2, 0) is 0 Å². The molecule has 3 aromatic rings. The normalized spacial score (nSPS) is 17.7. The number of piperazine rings is 1. The predicted molar refractivity (Wildman–Crippen MR) is 122 cm³/mol. The molecular formula is C24H28N6O2. The van der Waals surface area contributed by atoms with Crippen LogP contribution in [0.2, 0.25) is 0 Å². The summed E-state index contributed by atoms with van der Waals surface area (Å²) in [6.07, 6.45) is 8.30. The van der Waals surface area contributed by atoms with Crippen molar-refractivity contribution in [3.8, 4) is 11.3 Å². The molecule has 0 saturated carbocycles. The van der Waals surface area contributed by atoms with E-state index in [9.17, 15) is 9.59 Å². The summed E-state index contributed by atoms with van der Waals surface area (Å²) in [4.78, 5) is 36.4. The highest BCUT2D eigenvalue weighted by atomic mass is 16.2. The number of nitrogens with zero attached hydrogens (tertiary/aromatic N) is 6. The first kappa shape index (κ1) is 20.6. The van der Waals surface area contributed by atoms with Gasteiger partial charge >= 0.3 is 0 Å². The van der Waals surface area contributed by atoms with Crippen LogP contribution in [0.25, 0.3) is 16.8 Å². The van der Waals surface area contributed by atoms with Gasteiger partial charge in [0.15, 0.2) is 0 Å². The molecule has 8 nitrogen and oxygen atoms in total. The quantitative estimate of drug-likeness (QED) is 0.636. The summed E-state index contributed by atoms with van der Waals surface area (Å²) in [6.45, 7) is 4.79. The Morgan fingerprint density at radius 2 is 1.59 bits per heavy atom. The number of hydrogen-bond acceptors (Lipinski definition) is 5. The highest BCUT2D eigenvalue weighted by Crippen LogP contribution is 2.24. The topological polar surface area (TPSA) is 74.0 Å². The maximum atomic E-state index is 13.1. The lowest BCUT2D eigenvalue weighted by Gasteiger charge is -2.32. The number of piperidine rings is 1. The van der Waals surface area contributed by atoms with Gasteiger partial charge in [-0.3, -0.25) is 14.6 Å². The molecule has 5 heterocycles. The molecule has 5 rings (SSSR count).